The largest absolute Gasteiger partial charge is 0.387 e. The molecule has 11 N–H and O–H groups in total. The summed E-state index contributed by atoms with van der Waals surface area (Å²) in [6, 6.07) is 28.1. The lowest BCUT2D eigenvalue weighted by Crippen LogP contribution is -2.66. The van der Waals surface area contributed by atoms with Gasteiger partial charge in [-0.15, -0.1) is 0 Å². The minimum Gasteiger partial charge on any atom is -0.387 e. The molecule has 0 aliphatic heterocycles. The number of hydrogen-bond donors (Lipinski definition) is 11. The molecule has 0 heterocycles. The van der Waals surface area contributed by atoms with E-state index < -0.39 is 86.2 Å². The number of ether oxygens (including phenoxy) is 5. The maximum atomic E-state index is 11.2. The summed E-state index contributed by atoms with van der Waals surface area (Å²) < 4.78 is 27.7. The average molecular weight is 723 g/mol. The summed E-state index contributed by atoms with van der Waals surface area (Å²) in [7, 11) is 0. The lowest BCUT2D eigenvalue weighted by molar-refractivity contribution is -0.331. The summed E-state index contributed by atoms with van der Waals surface area (Å²) in [6.07, 6.45) is -17.4. The SMILES string of the molecule is OC(O)OC1[C@@H](O)[C@H](O)C(O)[C@H](O)[C@@H]1O.OC(O)OC1[C@@H](OCc2ccccc2)[C@H](O)C(OCc2ccccc2)[C@H](O)[C@@H]1OCc1ccccc1. The minimum absolute atomic E-state index is 0.122. The molecule has 16 nitrogen and oxygen atoms in total. The van der Waals surface area contributed by atoms with E-state index in [2.05, 4.69) is 4.74 Å². The standard InChI is InChI=1S/C28H32O8.C7H14O8/c29-22-24(33-16-19-10-4-1-5-11-19)23(30)26(35-18-21-14-8-3-9-15-21)27(36-28(31)32)25(22)34-17-20-12-6-2-7-13-20;8-1-2(9)4(11)6(15-7(13)14)5(12)3(1)10/h1-15,22-32H,16-18H2;1-14H/t22-,23+,24?,25-,26-,27?;1?,2-,3+,4-,5-,6?/m00/s1. The second-order valence-electron chi connectivity index (χ2n) is 12.1. The summed E-state index contributed by atoms with van der Waals surface area (Å²) in [6.45, 7) is -4.05. The molecule has 2 fully saturated rings. The molecule has 3 aromatic rings. The van der Waals surface area contributed by atoms with Crippen LogP contribution in [-0.2, 0) is 43.5 Å². The molecule has 0 amide bonds. The molecule has 16 heteroatoms. The molecule has 282 valence electrons. The van der Waals surface area contributed by atoms with Crippen LogP contribution in [0, 0.1) is 0 Å². The van der Waals surface area contributed by atoms with Crippen LogP contribution in [0.15, 0.2) is 91.0 Å². The maximum Gasteiger partial charge on any atom is 0.266 e. The molecular weight excluding hydrogens is 676 g/mol. The quantitative estimate of drug-likeness (QED) is 0.0821. The fourth-order valence-electron chi connectivity index (χ4n) is 5.83. The third kappa shape index (κ3) is 11.3. The third-order valence-electron chi connectivity index (χ3n) is 8.48. The first-order chi connectivity index (χ1) is 24.4. The number of aliphatic hydroxyl groups is 11. The Kier molecular flexibility index (Phi) is 15.8. The van der Waals surface area contributed by atoms with Crippen molar-refractivity contribution in [1.82, 2.24) is 0 Å². The van der Waals surface area contributed by atoms with Gasteiger partial charge >= 0.3 is 0 Å². The van der Waals surface area contributed by atoms with Crippen LogP contribution in [0.3, 0.4) is 0 Å². The molecule has 0 saturated heterocycles. The van der Waals surface area contributed by atoms with Crippen LogP contribution in [0.4, 0.5) is 0 Å². The monoisotopic (exact) mass is 722 g/mol. The zero-order valence-corrected chi connectivity index (χ0v) is 27.3. The van der Waals surface area contributed by atoms with Crippen molar-refractivity contribution in [3.8, 4) is 0 Å². The van der Waals surface area contributed by atoms with Crippen LogP contribution >= 0.6 is 0 Å². The fraction of sp³-hybridized carbons (Fsp3) is 0.486. The van der Waals surface area contributed by atoms with E-state index in [1.807, 2.05) is 91.0 Å². The lowest BCUT2D eigenvalue weighted by Gasteiger charge is -2.46. The Hall–Kier alpha value is -2.98. The van der Waals surface area contributed by atoms with E-state index in [1.165, 1.54) is 0 Å². The Bertz CT molecular complexity index is 1310. The third-order valence-corrected chi connectivity index (χ3v) is 8.48. The Morgan fingerprint density at radius 3 is 0.980 bits per heavy atom. The first-order valence-electron chi connectivity index (χ1n) is 16.1. The normalized spacial score (nSPS) is 32.4. The molecule has 2 saturated carbocycles. The van der Waals surface area contributed by atoms with Crippen molar-refractivity contribution >= 4 is 0 Å². The van der Waals surface area contributed by atoms with Crippen LogP contribution in [0.25, 0.3) is 0 Å². The molecular formula is C35H46O16. The summed E-state index contributed by atoms with van der Waals surface area (Å²) >= 11 is 0. The second-order valence-corrected chi connectivity index (χ2v) is 12.1. The summed E-state index contributed by atoms with van der Waals surface area (Å²) in [4.78, 5) is 0. The summed E-state index contributed by atoms with van der Waals surface area (Å²) in [5.41, 5.74) is 2.56. The van der Waals surface area contributed by atoms with Gasteiger partial charge in [0.05, 0.1) is 19.8 Å². The minimum atomic E-state index is -2.27. The molecule has 0 aromatic heterocycles. The van der Waals surface area contributed by atoms with E-state index in [4.69, 9.17) is 34.3 Å². The van der Waals surface area contributed by atoms with Crippen LogP contribution in [0.2, 0.25) is 0 Å². The van der Waals surface area contributed by atoms with Crippen molar-refractivity contribution in [3.05, 3.63) is 108 Å². The highest BCUT2D eigenvalue weighted by molar-refractivity contribution is 5.16. The van der Waals surface area contributed by atoms with Gasteiger partial charge in [-0.25, -0.2) is 0 Å². The number of aliphatic hydroxyl groups excluding tert-OH is 9. The highest BCUT2D eigenvalue weighted by atomic mass is 16.8. The number of rotatable bonds is 13. The van der Waals surface area contributed by atoms with Gasteiger partial charge in [0.1, 0.15) is 73.2 Å². The zero-order chi connectivity index (χ0) is 37.1. The van der Waals surface area contributed by atoms with Crippen molar-refractivity contribution in [2.45, 2.75) is 106 Å². The van der Waals surface area contributed by atoms with E-state index in [1.54, 1.807) is 0 Å². The molecule has 3 aromatic carbocycles. The van der Waals surface area contributed by atoms with E-state index in [0.717, 1.165) is 16.7 Å². The second kappa shape index (κ2) is 19.7. The van der Waals surface area contributed by atoms with Crippen LogP contribution in [-0.4, -0.2) is 142 Å². The average Bonchev–Trinajstić information content (AvgIpc) is 3.12. The first kappa shape index (κ1) is 40.8. The van der Waals surface area contributed by atoms with E-state index in [-0.39, 0.29) is 19.8 Å². The Morgan fingerprint density at radius 1 is 0.353 bits per heavy atom. The van der Waals surface area contributed by atoms with Gasteiger partial charge in [-0.1, -0.05) is 91.0 Å². The van der Waals surface area contributed by atoms with Crippen molar-refractivity contribution in [2.75, 3.05) is 0 Å². The van der Waals surface area contributed by atoms with Crippen LogP contribution < -0.4 is 0 Å². The Morgan fingerprint density at radius 2 is 0.647 bits per heavy atom. The van der Waals surface area contributed by atoms with Gasteiger partial charge in [0, 0.05) is 0 Å². The van der Waals surface area contributed by atoms with Gasteiger partial charge in [0.15, 0.2) is 0 Å². The predicted molar refractivity (Wildman–Crippen MR) is 173 cm³/mol. The smallest absolute Gasteiger partial charge is 0.266 e. The van der Waals surface area contributed by atoms with E-state index in [0.29, 0.717) is 0 Å². The maximum absolute atomic E-state index is 11.2. The Balaban J connectivity index is 0.000000326. The summed E-state index contributed by atoms with van der Waals surface area (Å²) in [5.74, 6) is 0. The topological polar surface area (TPSA) is 269 Å². The van der Waals surface area contributed by atoms with Gasteiger partial charge < -0.3 is 79.9 Å². The molecule has 5 rings (SSSR count). The van der Waals surface area contributed by atoms with E-state index >= 15 is 0 Å². The fourth-order valence-corrected chi connectivity index (χ4v) is 5.83. The summed E-state index contributed by atoms with van der Waals surface area (Å²) in [5, 5.41) is 105. The number of benzene rings is 3. The molecule has 0 spiro atoms. The zero-order valence-electron chi connectivity index (χ0n) is 27.3. The number of hydrogen-bond acceptors (Lipinski definition) is 16. The van der Waals surface area contributed by atoms with Crippen molar-refractivity contribution in [3.63, 3.8) is 0 Å². The molecule has 2 aliphatic carbocycles. The van der Waals surface area contributed by atoms with Crippen molar-refractivity contribution in [1.29, 1.82) is 0 Å². The Labute approximate surface area is 293 Å². The van der Waals surface area contributed by atoms with Gasteiger partial charge in [-0.2, -0.15) is 0 Å². The molecule has 51 heavy (non-hydrogen) atoms. The van der Waals surface area contributed by atoms with Crippen LogP contribution in [0.5, 0.6) is 0 Å². The predicted octanol–water partition coefficient (Wildman–Crippen LogP) is -2.41. The van der Waals surface area contributed by atoms with Gasteiger partial charge in [-0.05, 0) is 16.7 Å². The highest BCUT2D eigenvalue weighted by Crippen LogP contribution is 2.32. The highest BCUT2D eigenvalue weighted by Gasteiger charge is 2.53. The molecule has 4 unspecified atom stereocenters. The lowest BCUT2D eigenvalue weighted by atomic mass is 9.84. The van der Waals surface area contributed by atoms with Gasteiger partial charge in [-0.3, -0.25) is 0 Å². The molecule has 12 atom stereocenters. The van der Waals surface area contributed by atoms with Crippen molar-refractivity contribution in [2.24, 2.45) is 0 Å². The van der Waals surface area contributed by atoms with Crippen molar-refractivity contribution < 1.29 is 79.9 Å². The molecule has 2 aliphatic rings. The van der Waals surface area contributed by atoms with Gasteiger partial charge in [0.25, 0.3) is 13.0 Å². The van der Waals surface area contributed by atoms with E-state index in [9.17, 15) is 40.9 Å². The van der Waals surface area contributed by atoms with Crippen LogP contribution in [0.1, 0.15) is 16.7 Å². The molecule has 0 bridgehead atoms. The van der Waals surface area contributed by atoms with Gasteiger partial charge in [0.2, 0.25) is 0 Å². The molecule has 0 radical (unpaired) electrons. The first-order valence-corrected chi connectivity index (χ1v) is 16.1.